The third kappa shape index (κ3) is 3.26. The number of rotatable bonds is 3. The van der Waals surface area contributed by atoms with Gasteiger partial charge in [0.2, 0.25) is 0 Å². The summed E-state index contributed by atoms with van der Waals surface area (Å²) in [6.07, 6.45) is 0.747. The SMILES string of the molecule is Cc1c2c(c([Si](C)(C)C)c3c1SC(C)(CCO)S3)SC(O)(O)S2. The molecule has 2 heterocycles. The minimum Gasteiger partial charge on any atom is -0.396 e. The predicted molar refractivity (Wildman–Crippen MR) is 105 cm³/mol. The Bertz CT molecular complexity index is 672. The minimum atomic E-state index is -1.76. The van der Waals surface area contributed by atoms with Gasteiger partial charge in [0.1, 0.15) is 0 Å². The Morgan fingerprint density at radius 3 is 1.96 bits per heavy atom. The van der Waals surface area contributed by atoms with Crippen molar-refractivity contribution in [1.29, 1.82) is 0 Å². The summed E-state index contributed by atoms with van der Waals surface area (Å²) >= 11 is 6.01. The van der Waals surface area contributed by atoms with Gasteiger partial charge >= 0.3 is 0 Å². The van der Waals surface area contributed by atoms with Crippen molar-refractivity contribution in [2.45, 2.75) is 68.0 Å². The molecule has 0 saturated carbocycles. The molecule has 3 rings (SSSR count). The number of hydrogen-bond donors (Lipinski definition) is 3. The third-order valence-corrected chi connectivity index (χ3v) is 12.0. The van der Waals surface area contributed by atoms with E-state index in [0.717, 1.165) is 33.5 Å². The van der Waals surface area contributed by atoms with E-state index in [9.17, 15) is 15.3 Å². The van der Waals surface area contributed by atoms with E-state index in [1.165, 1.54) is 26.7 Å². The van der Waals surface area contributed by atoms with Crippen molar-refractivity contribution in [1.82, 2.24) is 0 Å². The highest BCUT2D eigenvalue weighted by Crippen LogP contribution is 2.63. The van der Waals surface area contributed by atoms with Crippen LogP contribution in [0.3, 0.4) is 0 Å². The molecule has 1 unspecified atom stereocenters. The van der Waals surface area contributed by atoms with E-state index in [-0.39, 0.29) is 10.7 Å². The molecular formula is C15H22O3S4Si. The van der Waals surface area contributed by atoms with Gasteiger partial charge in [0.05, 0.1) is 12.2 Å². The van der Waals surface area contributed by atoms with Crippen LogP contribution in [0.5, 0.6) is 0 Å². The summed E-state index contributed by atoms with van der Waals surface area (Å²) in [5.41, 5.74) is 1.15. The van der Waals surface area contributed by atoms with Crippen LogP contribution in [-0.4, -0.2) is 38.5 Å². The van der Waals surface area contributed by atoms with E-state index in [2.05, 4.69) is 33.5 Å². The zero-order valence-electron chi connectivity index (χ0n) is 13.9. The van der Waals surface area contributed by atoms with Crippen LogP contribution < -0.4 is 5.19 Å². The van der Waals surface area contributed by atoms with Crippen LogP contribution in [0.15, 0.2) is 19.6 Å². The summed E-state index contributed by atoms with van der Waals surface area (Å²) in [5, 5.41) is 31.0. The van der Waals surface area contributed by atoms with Gasteiger partial charge in [0, 0.05) is 26.2 Å². The van der Waals surface area contributed by atoms with Gasteiger partial charge in [-0.05, 0) is 54.5 Å². The fraction of sp³-hybridized carbons (Fsp3) is 0.600. The maximum absolute atomic E-state index is 10.1. The van der Waals surface area contributed by atoms with E-state index in [1.807, 2.05) is 23.5 Å². The molecule has 0 fully saturated rings. The summed E-state index contributed by atoms with van der Waals surface area (Å²) in [5.74, 6) is 0. The lowest BCUT2D eigenvalue weighted by atomic mass is 10.2. The maximum Gasteiger partial charge on any atom is 0.274 e. The lowest BCUT2D eigenvalue weighted by Crippen LogP contribution is -2.41. The molecule has 0 bridgehead atoms. The van der Waals surface area contributed by atoms with Crippen molar-refractivity contribution < 1.29 is 15.3 Å². The zero-order chi connectivity index (χ0) is 17.2. The molecule has 23 heavy (non-hydrogen) atoms. The molecule has 0 amide bonds. The highest BCUT2D eigenvalue weighted by molar-refractivity contribution is 8.21. The molecule has 0 aromatic heterocycles. The Morgan fingerprint density at radius 2 is 1.39 bits per heavy atom. The van der Waals surface area contributed by atoms with Gasteiger partial charge in [-0.3, -0.25) is 0 Å². The second-order valence-electron chi connectivity index (χ2n) is 7.13. The molecule has 0 spiro atoms. The average Bonchev–Trinajstić information content (AvgIpc) is 2.85. The molecule has 2 aliphatic heterocycles. The van der Waals surface area contributed by atoms with Crippen molar-refractivity contribution in [2.75, 3.05) is 6.61 Å². The van der Waals surface area contributed by atoms with Crippen LogP contribution in [0.2, 0.25) is 19.6 Å². The highest BCUT2D eigenvalue weighted by Gasteiger charge is 2.46. The van der Waals surface area contributed by atoms with E-state index in [4.69, 9.17) is 0 Å². The van der Waals surface area contributed by atoms with Crippen LogP contribution in [0.1, 0.15) is 18.9 Å². The number of aliphatic hydroxyl groups is 3. The number of hydrogen-bond acceptors (Lipinski definition) is 7. The molecule has 0 aliphatic carbocycles. The Balaban J connectivity index is 2.22. The quantitative estimate of drug-likeness (QED) is 0.523. The van der Waals surface area contributed by atoms with Crippen molar-refractivity contribution in [2.24, 2.45) is 0 Å². The molecule has 8 heteroatoms. The van der Waals surface area contributed by atoms with Crippen LogP contribution in [-0.2, 0) is 0 Å². The summed E-state index contributed by atoms with van der Waals surface area (Å²) in [7, 11) is -1.67. The normalized spacial score (nSPS) is 25.6. The van der Waals surface area contributed by atoms with Crippen LogP contribution in [0, 0.1) is 6.92 Å². The Hall–Kier alpha value is 0.717. The van der Waals surface area contributed by atoms with Crippen molar-refractivity contribution in [3.63, 3.8) is 0 Å². The first-order chi connectivity index (χ1) is 10.5. The number of aliphatic hydroxyl groups excluding tert-OH is 1. The molecule has 128 valence electrons. The highest BCUT2D eigenvalue weighted by atomic mass is 32.2. The van der Waals surface area contributed by atoms with Crippen LogP contribution in [0.4, 0.5) is 0 Å². The number of fused-ring (bicyclic) bond motifs is 2. The monoisotopic (exact) mass is 406 g/mol. The third-order valence-electron chi connectivity index (χ3n) is 3.97. The first-order valence-corrected chi connectivity index (χ1v) is 14.3. The molecule has 0 saturated heterocycles. The summed E-state index contributed by atoms with van der Waals surface area (Å²) in [4.78, 5) is 4.68. The van der Waals surface area contributed by atoms with Gasteiger partial charge in [-0.2, -0.15) is 0 Å². The lowest BCUT2D eigenvalue weighted by molar-refractivity contribution is 0.00818. The van der Waals surface area contributed by atoms with E-state index < -0.39 is 12.5 Å². The van der Waals surface area contributed by atoms with E-state index in [0.29, 0.717) is 0 Å². The van der Waals surface area contributed by atoms with Crippen molar-refractivity contribution in [3.05, 3.63) is 5.56 Å². The van der Waals surface area contributed by atoms with Crippen LogP contribution in [0.25, 0.3) is 0 Å². The van der Waals surface area contributed by atoms with Gasteiger partial charge < -0.3 is 15.3 Å². The van der Waals surface area contributed by atoms with Crippen molar-refractivity contribution >= 4 is 60.3 Å². The molecule has 1 atom stereocenters. The summed E-state index contributed by atoms with van der Waals surface area (Å²) in [6.45, 7) is 11.4. The average molecular weight is 407 g/mol. The standard InChI is InChI=1S/C15H22O3S4Si/c1-8-9-11(20-14(2,19-9)6-7-16)13(23(3,4)5)12-10(8)21-15(17,18)22-12/h16-18H,6-7H2,1-5H3. The summed E-state index contributed by atoms with van der Waals surface area (Å²) < 4.78 is -1.81. The molecule has 2 aliphatic rings. The van der Waals surface area contributed by atoms with Gasteiger partial charge in [0.15, 0.2) is 0 Å². The Labute approximate surface area is 155 Å². The lowest BCUT2D eigenvalue weighted by Gasteiger charge is -2.25. The molecule has 1 aromatic carbocycles. The van der Waals surface area contributed by atoms with Crippen LogP contribution >= 0.6 is 47.0 Å². The maximum atomic E-state index is 10.1. The summed E-state index contributed by atoms with van der Waals surface area (Å²) in [6, 6.07) is 0. The first-order valence-electron chi connectivity index (χ1n) is 7.50. The molecule has 3 nitrogen and oxygen atoms in total. The second-order valence-corrected chi connectivity index (χ2v) is 18.0. The molecular weight excluding hydrogens is 385 g/mol. The molecule has 0 radical (unpaired) electrons. The Kier molecular flexibility index (Phi) is 4.72. The Morgan fingerprint density at radius 1 is 0.913 bits per heavy atom. The van der Waals surface area contributed by atoms with Crippen molar-refractivity contribution in [3.8, 4) is 0 Å². The zero-order valence-corrected chi connectivity index (χ0v) is 18.2. The van der Waals surface area contributed by atoms with Gasteiger partial charge in [-0.1, -0.05) is 19.6 Å². The first kappa shape index (κ1) is 18.5. The number of benzene rings is 1. The fourth-order valence-electron chi connectivity index (χ4n) is 2.94. The smallest absolute Gasteiger partial charge is 0.274 e. The molecule has 3 N–H and O–H groups in total. The van der Waals surface area contributed by atoms with Gasteiger partial charge in [-0.25, -0.2) is 0 Å². The number of thioether (sulfide) groups is 4. The topological polar surface area (TPSA) is 60.7 Å². The minimum absolute atomic E-state index is 0.0455. The van der Waals surface area contributed by atoms with E-state index in [1.54, 1.807) is 0 Å². The molecule has 1 aromatic rings. The van der Waals surface area contributed by atoms with E-state index >= 15 is 0 Å². The van der Waals surface area contributed by atoms with Gasteiger partial charge in [0.25, 0.3) is 4.45 Å². The predicted octanol–water partition coefficient (Wildman–Crippen LogP) is 3.63. The fourth-order valence-corrected chi connectivity index (χ4v) is 12.4. The second kappa shape index (κ2) is 5.87. The largest absolute Gasteiger partial charge is 0.396 e. The van der Waals surface area contributed by atoms with Gasteiger partial charge in [-0.15, -0.1) is 23.5 Å².